The van der Waals surface area contributed by atoms with Gasteiger partial charge in [-0.05, 0) is 19.4 Å². The molecule has 0 radical (unpaired) electrons. The minimum absolute atomic E-state index is 0.0432. The van der Waals surface area contributed by atoms with Crippen LogP contribution in [0.1, 0.15) is 19.3 Å². The molecular weight excluding hydrogens is 256 g/mol. The maximum absolute atomic E-state index is 12.4. The summed E-state index contributed by atoms with van der Waals surface area (Å²) >= 11 is 0. The minimum Gasteiger partial charge on any atom is -0.379 e. The van der Waals surface area contributed by atoms with Gasteiger partial charge in [-0.3, -0.25) is 9.69 Å². The summed E-state index contributed by atoms with van der Waals surface area (Å²) in [6.45, 7) is 6.45. The Labute approximate surface area is 120 Å². The summed E-state index contributed by atoms with van der Waals surface area (Å²) in [5, 5.41) is 12.0. The lowest BCUT2D eigenvalue weighted by Gasteiger charge is -2.31. The van der Waals surface area contributed by atoms with E-state index in [1.165, 1.54) is 0 Å². The molecule has 6 heteroatoms. The molecule has 6 nitrogen and oxygen atoms in total. The fraction of sp³-hybridized carbons (Fsp3) is 0.857. The Morgan fingerprint density at radius 3 is 2.85 bits per heavy atom. The number of morpholine rings is 1. The minimum atomic E-state index is -0.0432. The lowest BCUT2D eigenvalue weighted by atomic mass is 10.2. The number of ether oxygens (including phenoxy) is 1. The second-order valence-corrected chi connectivity index (χ2v) is 5.34. The predicted molar refractivity (Wildman–Crippen MR) is 75.1 cm³/mol. The summed E-state index contributed by atoms with van der Waals surface area (Å²) in [6.07, 6.45) is 2.38. The van der Waals surface area contributed by atoms with E-state index >= 15 is 0 Å². The summed E-state index contributed by atoms with van der Waals surface area (Å²) in [6, 6.07) is 2.09. The van der Waals surface area contributed by atoms with Gasteiger partial charge in [-0.2, -0.15) is 5.26 Å². The smallest absolute Gasteiger partial charge is 0.239 e. The normalized spacial score (nSPS) is 23.4. The third-order valence-corrected chi connectivity index (χ3v) is 3.95. The van der Waals surface area contributed by atoms with Gasteiger partial charge >= 0.3 is 0 Å². The molecule has 0 bridgehead atoms. The van der Waals surface area contributed by atoms with Crippen LogP contribution in [0.3, 0.4) is 0 Å². The Bertz CT molecular complexity index is 344. The summed E-state index contributed by atoms with van der Waals surface area (Å²) in [4.78, 5) is 16.6. The Kier molecular flexibility index (Phi) is 6.25. The average Bonchev–Trinajstić information content (AvgIpc) is 3.02. The van der Waals surface area contributed by atoms with Crippen molar-refractivity contribution >= 4 is 5.91 Å². The first-order chi connectivity index (χ1) is 9.81. The van der Waals surface area contributed by atoms with Crippen molar-refractivity contribution in [1.82, 2.24) is 15.1 Å². The van der Waals surface area contributed by atoms with E-state index in [1.54, 1.807) is 0 Å². The van der Waals surface area contributed by atoms with Crippen LogP contribution in [-0.4, -0.2) is 74.2 Å². The van der Waals surface area contributed by atoms with Gasteiger partial charge in [0.25, 0.3) is 0 Å². The van der Waals surface area contributed by atoms with Crippen LogP contribution in [0, 0.1) is 11.3 Å². The van der Waals surface area contributed by atoms with Gasteiger partial charge in [-0.15, -0.1) is 0 Å². The van der Waals surface area contributed by atoms with E-state index in [-0.39, 0.29) is 11.9 Å². The number of hydrogen-bond acceptors (Lipinski definition) is 5. The fourth-order valence-corrected chi connectivity index (χ4v) is 2.72. The van der Waals surface area contributed by atoms with Crippen molar-refractivity contribution in [3.05, 3.63) is 0 Å². The summed E-state index contributed by atoms with van der Waals surface area (Å²) < 4.78 is 5.32. The Hall–Kier alpha value is -1.16. The molecule has 2 aliphatic rings. The molecule has 1 unspecified atom stereocenters. The summed E-state index contributed by atoms with van der Waals surface area (Å²) in [5.74, 6) is 0.158. The van der Waals surface area contributed by atoms with E-state index in [0.29, 0.717) is 19.5 Å². The molecule has 2 rings (SSSR count). The van der Waals surface area contributed by atoms with Crippen molar-refractivity contribution in [3.8, 4) is 6.07 Å². The van der Waals surface area contributed by atoms with Crippen LogP contribution in [0.2, 0.25) is 0 Å². The highest BCUT2D eigenvalue weighted by molar-refractivity contribution is 5.82. The van der Waals surface area contributed by atoms with E-state index in [9.17, 15) is 4.79 Å². The average molecular weight is 280 g/mol. The number of nitriles is 1. The van der Waals surface area contributed by atoms with Gasteiger partial charge in [0.05, 0.1) is 31.7 Å². The van der Waals surface area contributed by atoms with Crippen LogP contribution in [0.5, 0.6) is 0 Å². The summed E-state index contributed by atoms with van der Waals surface area (Å²) in [5.41, 5.74) is 0. The van der Waals surface area contributed by atoms with Crippen molar-refractivity contribution in [1.29, 1.82) is 5.26 Å². The van der Waals surface area contributed by atoms with Gasteiger partial charge in [-0.1, -0.05) is 0 Å². The zero-order valence-electron chi connectivity index (χ0n) is 12.0. The van der Waals surface area contributed by atoms with Crippen molar-refractivity contribution in [2.45, 2.75) is 25.3 Å². The number of amides is 1. The Morgan fingerprint density at radius 2 is 2.20 bits per heavy atom. The molecule has 1 N–H and O–H groups in total. The Balaban J connectivity index is 1.82. The first kappa shape index (κ1) is 15.2. The van der Waals surface area contributed by atoms with Crippen molar-refractivity contribution in [3.63, 3.8) is 0 Å². The second-order valence-electron chi connectivity index (χ2n) is 5.34. The fourth-order valence-electron chi connectivity index (χ4n) is 2.72. The number of carbonyl (C=O) groups excluding carboxylic acids is 1. The molecule has 2 fully saturated rings. The molecule has 1 amide bonds. The molecule has 0 spiro atoms. The largest absolute Gasteiger partial charge is 0.379 e. The number of nitrogens with zero attached hydrogens (tertiary/aromatic N) is 3. The molecule has 0 aromatic carbocycles. The molecule has 0 aromatic rings. The maximum atomic E-state index is 12.4. The van der Waals surface area contributed by atoms with Crippen LogP contribution in [0.25, 0.3) is 0 Å². The summed E-state index contributed by atoms with van der Waals surface area (Å²) in [7, 11) is 0. The van der Waals surface area contributed by atoms with Gasteiger partial charge in [0.2, 0.25) is 5.91 Å². The maximum Gasteiger partial charge on any atom is 0.239 e. The highest BCUT2D eigenvalue weighted by Gasteiger charge is 2.26. The third kappa shape index (κ3) is 4.44. The molecule has 112 valence electrons. The second kappa shape index (κ2) is 8.20. The van der Waals surface area contributed by atoms with Crippen LogP contribution >= 0.6 is 0 Å². The quantitative estimate of drug-likeness (QED) is 0.730. The number of hydrogen-bond donors (Lipinski definition) is 1. The van der Waals surface area contributed by atoms with Crippen LogP contribution in [0.4, 0.5) is 0 Å². The van der Waals surface area contributed by atoms with Crippen LogP contribution in [0.15, 0.2) is 0 Å². The first-order valence-corrected chi connectivity index (χ1v) is 7.50. The van der Waals surface area contributed by atoms with Gasteiger partial charge in [0.15, 0.2) is 0 Å². The number of carbonyl (C=O) groups is 1. The standard InChI is InChI=1S/C14H24N4O2/c15-4-2-6-18(14(19)13-3-1-5-16-13)8-7-17-9-11-20-12-10-17/h13,16H,1-3,5-12H2. The van der Waals surface area contributed by atoms with E-state index in [4.69, 9.17) is 10.00 Å². The molecule has 2 saturated heterocycles. The van der Waals surface area contributed by atoms with Gasteiger partial charge in [0, 0.05) is 32.7 Å². The monoisotopic (exact) mass is 280 g/mol. The van der Waals surface area contributed by atoms with Gasteiger partial charge in [-0.25, -0.2) is 0 Å². The zero-order valence-corrected chi connectivity index (χ0v) is 12.0. The number of rotatable bonds is 6. The van der Waals surface area contributed by atoms with E-state index in [0.717, 1.165) is 52.2 Å². The third-order valence-electron chi connectivity index (χ3n) is 3.95. The van der Waals surface area contributed by atoms with Gasteiger partial charge in [0.1, 0.15) is 0 Å². The molecule has 0 aliphatic carbocycles. The molecular formula is C14H24N4O2. The molecule has 0 aromatic heterocycles. The van der Waals surface area contributed by atoms with Crippen LogP contribution in [-0.2, 0) is 9.53 Å². The molecule has 2 aliphatic heterocycles. The topological polar surface area (TPSA) is 68.6 Å². The van der Waals surface area contributed by atoms with Crippen LogP contribution < -0.4 is 5.32 Å². The molecule has 20 heavy (non-hydrogen) atoms. The lowest BCUT2D eigenvalue weighted by Crippen LogP contribution is -2.48. The number of nitrogens with one attached hydrogen (secondary N) is 1. The predicted octanol–water partition coefficient (Wildman–Crippen LogP) is -0.187. The highest BCUT2D eigenvalue weighted by atomic mass is 16.5. The zero-order chi connectivity index (χ0) is 14.2. The highest BCUT2D eigenvalue weighted by Crippen LogP contribution is 2.09. The molecule has 1 atom stereocenters. The van der Waals surface area contributed by atoms with E-state index in [2.05, 4.69) is 16.3 Å². The van der Waals surface area contributed by atoms with E-state index in [1.807, 2.05) is 4.90 Å². The van der Waals surface area contributed by atoms with Gasteiger partial charge < -0.3 is 15.0 Å². The first-order valence-electron chi connectivity index (χ1n) is 7.50. The SMILES string of the molecule is N#CCCN(CCN1CCOCC1)C(=O)C1CCCN1. The van der Waals surface area contributed by atoms with Crippen molar-refractivity contribution < 1.29 is 9.53 Å². The van der Waals surface area contributed by atoms with Crippen molar-refractivity contribution in [2.24, 2.45) is 0 Å². The Morgan fingerprint density at radius 1 is 1.40 bits per heavy atom. The molecule has 0 saturated carbocycles. The molecule has 2 heterocycles. The van der Waals surface area contributed by atoms with E-state index < -0.39 is 0 Å². The van der Waals surface area contributed by atoms with Crippen molar-refractivity contribution in [2.75, 3.05) is 52.5 Å². The lowest BCUT2D eigenvalue weighted by molar-refractivity contribution is -0.133.